The fourth-order valence-electron chi connectivity index (χ4n) is 5.60. The molecule has 0 spiro atoms. The van der Waals surface area contributed by atoms with Crippen LogP contribution in [0.15, 0.2) is 42.5 Å². The third-order valence-electron chi connectivity index (χ3n) is 7.48. The van der Waals surface area contributed by atoms with E-state index in [1.54, 1.807) is 4.90 Å². The van der Waals surface area contributed by atoms with Crippen LogP contribution in [0.5, 0.6) is 17.2 Å². The minimum atomic E-state index is -4.79. The molecule has 7 nitrogen and oxygen atoms in total. The Balaban J connectivity index is 1.27. The predicted octanol–water partition coefficient (Wildman–Crippen LogP) is 4.44. The lowest BCUT2D eigenvalue weighted by Crippen LogP contribution is -2.53. The number of alkyl halides is 3. The molecule has 0 aromatic heterocycles. The van der Waals surface area contributed by atoms with Crippen molar-refractivity contribution in [1.29, 1.82) is 0 Å². The summed E-state index contributed by atoms with van der Waals surface area (Å²) in [6.07, 6.45) is -1.24. The van der Waals surface area contributed by atoms with Gasteiger partial charge in [-0.3, -0.25) is 9.69 Å². The molecule has 2 heterocycles. The summed E-state index contributed by atoms with van der Waals surface area (Å²) in [4.78, 5) is 17.8. The van der Waals surface area contributed by atoms with E-state index in [1.807, 2.05) is 18.2 Å². The highest BCUT2D eigenvalue weighted by molar-refractivity contribution is 5.85. The van der Waals surface area contributed by atoms with E-state index < -0.39 is 17.9 Å². The number of hydrogen-bond acceptors (Lipinski definition) is 6. The number of benzene rings is 2. The van der Waals surface area contributed by atoms with Crippen LogP contribution in [-0.2, 0) is 11.3 Å². The maximum Gasteiger partial charge on any atom is 0.573 e. The van der Waals surface area contributed by atoms with Crippen molar-refractivity contribution in [3.8, 4) is 17.2 Å². The molecule has 1 saturated heterocycles. The van der Waals surface area contributed by atoms with Crippen LogP contribution in [-0.4, -0.2) is 65.7 Å². The maximum absolute atomic E-state index is 13.8. The first kappa shape index (κ1) is 25.7. The highest BCUT2D eigenvalue weighted by Crippen LogP contribution is 2.42. The Labute approximate surface area is 213 Å². The van der Waals surface area contributed by atoms with Crippen LogP contribution in [0, 0.1) is 0 Å². The van der Waals surface area contributed by atoms with Crippen molar-refractivity contribution < 1.29 is 37.3 Å². The quantitative estimate of drug-likeness (QED) is 0.608. The Bertz CT molecular complexity index is 1090. The van der Waals surface area contributed by atoms with E-state index in [0.29, 0.717) is 51.1 Å². The first-order valence-electron chi connectivity index (χ1n) is 12.7. The summed E-state index contributed by atoms with van der Waals surface area (Å²) in [6, 6.07) is 11.2. The Morgan fingerprint density at radius 1 is 0.973 bits per heavy atom. The third kappa shape index (κ3) is 5.96. The van der Waals surface area contributed by atoms with Crippen LogP contribution in [0.3, 0.4) is 0 Å². The van der Waals surface area contributed by atoms with Crippen LogP contribution in [0.2, 0.25) is 0 Å². The summed E-state index contributed by atoms with van der Waals surface area (Å²) >= 11 is 0. The largest absolute Gasteiger partial charge is 0.573 e. The number of carbonyl (C=O) groups excluding carboxylic acids is 1. The van der Waals surface area contributed by atoms with Crippen LogP contribution in [0.4, 0.5) is 13.2 Å². The van der Waals surface area contributed by atoms with Gasteiger partial charge in [0, 0.05) is 32.7 Å². The number of carbonyl (C=O) groups is 1. The van der Waals surface area contributed by atoms with Crippen molar-refractivity contribution >= 4 is 5.91 Å². The van der Waals surface area contributed by atoms with E-state index in [1.165, 1.54) is 24.3 Å². The number of hydrogen-bond donors (Lipinski definition) is 1. The molecule has 0 bridgehead atoms. The van der Waals surface area contributed by atoms with Gasteiger partial charge < -0.3 is 24.2 Å². The van der Waals surface area contributed by atoms with Gasteiger partial charge in [0.25, 0.3) is 0 Å². The van der Waals surface area contributed by atoms with Gasteiger partial charge in [0.05, 0.1) is 11.5 Å². The molecular weight excluding hydrogens is 489 g/mol. The van der Waals surface area contributed by atoms with E-state index in [4.69, 9.17) is 9.47 Å². The molecule has 3 aliphatic rings. The number of amides is 1. The van der Waals surface area contributed by atoms with Crippen LogP contribution in [0.25, 0.3) is 0 Å². The number of halogens is 3. The zero-order valence-electron chi connectivity index (χ0n) is 20.5. The van der Waals surface area contributed by atoms with E-state index in [-0.39, 0.29) is 18.4 Å². The van der Waals surface area contributed by atoms with Gasteiger partial charge in [-0.1, -0.05) is 37.5 Å². The van der Waals surface area contributed by atoms with E-state index in [9.17, 15) is 23.1 Å². The monoisotopic (exact) mass is 520 g/mol. The summed E-state index contributed by atoms with van der Waals surface area (Å²) in [5, 5.41) is 11.6. The molecule has 2 aromatic carbocycles. The molecule has 1 aliphatic carbocycles. The number of rotatable bonds is 6. The van der Waals surface area contributed by atoms with E-state index >= 15 is 0 Å². The van der Waals surface area contributed by atoms with Gasteiger partial charge in [-0.2, -0.15) is 0 Å². The van der Waals surface area contributed by atoms with E-state index in [2.05, 4.69) is 9.64 Å². The molecule has 2 aromatic rings. The molecule has 37 heavy (non-hydrogen) atoms. The van der Waals surface area contributed by atoms with Crippen molar-refractivity contribution in [3.05, 3.63) is 53.6 Å². The second-order valence-corrected chi connectivity index (χ2v) is 10.0. The first-order valence-corrected chi connectivity index (χ1v) is 12.7. The number of aliphatic hydroxyl groups is 1. The fourth-order valence-corrected chi connectivity index (χ4v) is 5.60. The number of fused-ring (bicyclic) bond motifs is 1. The van der Waals surface area contributed by atoms with Crippen molar-refractivity contribution in [2.45, 2.75) is 56.5 Å². The molecule has 1 saturated carbocycles. The Morgan fingerprint density at radius 3 is 2.32 bits per heavy atom. The Morgan fingerprint density at radius 2 is 1.65 bits per heavy atom. The van der Waals surface area contributed by atoms with Crippen LogP contribution in [0.1, 0.15) is 49.1 Å². The SMILES string of the molecule is O=C(C(c1ccc(OC(F)(F)F)cc1)C1(O)CCCCC1)N1CCN(Cc2ccc3c(c2)OCO3)CC1. The summed E-state index contributed by atoms with van der Waals surface area (Å²) in [5.41, 5.74) is 0.372. The Hall–Kier alpha value is -2.98. The average Bonchev–Trinajstić information content (AvgIpc) is 3.33. The van der Waals surface area contributed by atoms with Crippen molar-refractivity contribution in [2.24, 2.45) is 0 Å². The average molecular weight is 521 g/mol. The van der Waals surface area contributed by atoms with Gasteiger partial charge in [-0.15, -0.1) is 13.2 Å². The van der Waals surface area contributed by atoms with Gasteiger partial charge in [-0.05, 0) is 48.2 Å². The summed E-state index contributed by atoms with van der Waals surface area (Å²) < 4.78 is 52.7. The fraction of sp³-hybridized carbons (Fsp3) is 0.519. The second-order valence-electron chi connectivity index (χ2n) is 10.0. The van der Waals surface area contributed by atoms with Crippen molar-refractivity contribution in [1.82, 2.24) is 9.80 Å². The van der Waals surface area contributed by atoms with Crippen molar-refractivity contribution in [3.63, 3.8) is 0 Å². The highest BCUT2D eigenvalue weighted by atomic mass is 19.4. The smallest absolute Gasteiger partial charge is 0.454 e. The maximum atomic E-state index is 13.8. The van der Waals surface area contributed by atoms with Crippen LogP contribution >= 0.6 is 0 Å². The van der Waals surface area contributed by atoms with Gasteiger partial charge in [0.2, 0.25) is 12.7 Å². The lowest BCUT2D eigenvalue weighted by atomic mass is 9.72. The highest BCUT2D eigenvalue weighted by Gasteiger charge is 2.45. The number of ether oxygens (including phenoxy) is 3. The second kappa shape index (κ2) is 10.4. The zero-order chi connectivity index (χ0) is 26.0. The molecule has 2 fully saturated rings. The standard InChI is InChI=1S/C27H31F3N2O5/c28-27(29,30)37-21-7-5-20(6-8-21)24(26(34)10-2-1-3-11-26)25(33)32-14-12-31(13-15-32)17-19-4-9-22-23(16-19)36-18-35-22/h4-9,16,24,34H,1-3,10-15,17-18H2. The predicted molar refractivity (Wildman–Crippen MR) is 128 cm³/mol. The van der Waals surface area contributed by atoms with Gasteiger partial charge >= 0.3 is 6.36 Å². The van der Waals surface area contributed by atoms with Gasteiger partial charge in [-0.25, -0.2) is 0 Å². The molecule has 10 heteroatoms. The van der Waals surface area contributed by atoms with E-state index in [0.717, 1.165) is 36.3 Å². The molecule has 1 amide bonds. The molecule has 2 aliphatic heterocycles. The lowest BCUT2D eigenvalue weighted by Gasteiger charge is -2.43. The molecule has 200 valence electrons. The molecule has 1 N–H and O–H groups in total. The molecule has 1 atom stereocenters. The topological polar surface area (TPSA) is 71.5 Å². The number of piperazine rings is 1. The molecule has 1 unspecified atom stereocenters. The molecular formula is C27H31F3N2O5. The summed E-state index contributed by atoms with van der Waals surface area (Å²) in [5.74, 6) is 0.102. The molecule has 0 radical (unpaired) electrons. The normalized spacial score (nSPS) is 20.5. The van der Waals surface area contributed by atoms with Gasteiger partial charge in [0.15, 0.2) is 11.5 Å². The Kier molecular flexibility index (Phi) is 7.22. The minimum absolute atomic E-state index is 0.184. The first-order chi connectivity index (χ1) is 17.7. The summed E-state index contributed by atoms with van der Waals surface area (Å²) in [6.45, 7) is 3.29. The van der Waals surface area contributed by atoms with Crippen LogP contribution < -0.4 is 14.2 Å². The molecule has 5 rings (SSSR count). The minimum Gasteiger partial charge on any atom is -0.454 e. The van der Waals surface area contributed by atoms with Gasteiger partial charge in [0.1, 0.15) is 5.75 Å². The number of nitrogens with zero attached hydrogens (tertiary/aromatic N) is 2. The third-order valence-corrected chi connectivity index (χ3v) is 7.48. The summed E-state index contributed by atoms with van der Waals surface area (Å²) in [7, 11) is 0. The van der Waals surface area contributed by atoms with Crippen molar-refractivity contribution in [2.75, 3.05) is 33.0 Å². The lowest BCUT2D eigenvalue weighted by molar-refractivity contribution is -0.274. The zero-order valence-corrected chi connectivity index (χ0v) is 20.5.